The standard InChI is InChI=1S/C24H26ClN3O2/c1-16(2)30-24(29)22-7-5-6-8-23(22)28-17(3)13-20(18(28)4)15-27-26-14-19-9-11-21(25)12-10-19/h5-13,15-16,26H,14H2,1-4H3/b27-15-. The molecule has 0 aliphatic rings. The molecule has 5 nitrogen and oxygen atoms in total. The summed E-state index contributed by atoms with van der Waals surface area (Å²) in [5.74, 6) is -0.326. The van der Waals surface area contributed by atoms with E-state index in [1.54, 1.807) is 12.3 Å². The first-order valence-electron chi connectivity index (χ1n) is 9.86. The first kappa shape index (κ1) is 21.7. The van der Waals surface area contributed by atoms with E-state index >= 15 is 0 Å². The first-order chi connectivity index (χ1) is 14.4. The Morgan fingerprint density at radius 2 is 1.87 bits per heavy atom. The predicted octanol–water partition coefficient (Wildman–Crippen LogP) is 5.44. The zero-order chi connectivity index (χ0) is 21.7. The molecule has 0 fully saturated rings. The van der Waals surface area contributed by atoms with Gasteiger partial charge in [0, 0.05) is 22.0 Å². The second-order valence-electron chi connectivity index (χ2n) is 7.35. The summed E-state index contributed by atoms with van der Waals surface area (Å²) in [5.41, 5.74) is 8.47. The van der Waals surface area contributed by atoms with Crippen molar-refractivity contribution in [3.63, 3.8) is 0 Å². The van der Waals surface area contributed by atoms with Gasteiger partial charge in [0.15, 0.2) is 0 Å². The van der Waals surface area contributed by atoms with Crippen LogP contribution in [0.15, 0.2) is 59.7 Å². The van der Waals surface area contributed by atoms with Crippen LogP contribution in [0.1, 0.15) is 46.7 Å². The Balaban J connectivity index is 1.81. The number of carbonyl (C=O) groups excluding carboxylic acids is 1. The zero-order valence-corrected chi connectivity index (χ0v) is 18.4. The Hall–Kier alpha value is -3.05. The maximum absolute atomic E-state index is 12.6. The van der Waals surface area contributed by atoms with Crippen LogP contribution < -0.4 is 5.43 Å². The number of halogens is 1. The number of carbonyl (C=O) groups is 1. The van der Waals surface area contributed by atoms with Gasteiger partial charge < -0.3 is 14.7 Å². The summed E-state index contributed by atoms with van der Waals surface area (Å²) in [5, 5.41) is 5.07. The van der Waals surface area contributed by atoms with Crippen molar-refractivity contribution in [3.8, 4) is 5.69 Å². The van der Waals surface area contributed by atoms with Crippen LogP contribution >= 0.6 is 11.6 Å². The van der Waals surface area contributed by atoms with Crippen molar-refractivity contribution in [2.24, 2.45) is 5.10 Å². The number of hydrazone groups is 1. The van der Waals surface area contributed by atoms with Gasteiger partial charge in [0.25, 0.3) is 0 Å². The van der Waals surface area contributed by atoms with Gasteiger partial charge in [-0.15, -0.1) is 0 Å². The molecular formula is C24H26ClN3O2. The molecule has 0 saturated carbocycles. The summed E-state index contributed by atoms with van der Waals surface area (Å²) in [6.45, 7) is 8.32. The molecular weight excluding hydrogens is 398 g/mol. The third kappa shape index (κ3) is 5.10. The molecule has 0 bridgehead atoms. The summed E-state index contributed by atoms with van der Waals surface area (Å²) in [6.07, 6.45) is 1.62. The van der Waals surface area contributed by atoms with Crippen LogP contribution in [0.2, 0.25) is 5.02 Å². The predicted molar refractivity (Wildman–Crippen MR) is 122 cm³/mol. The molecule has 0 amide bonds. The number of benzene rings is 2. The monoisotopic (exact) mass is 423 g/mol. The van der Waals surface area contributed by atoms with E-state index < -0.39 is 0 Å². The minimum absolute atomic E-state index is 0.174. The average Bonchev–Trinajstić information content (AvgIpc) is 2.99. The first-order valence-corrected chi connectivity index (χ1v) is 10.2. The van der Waals surface area contributed by atoms with Crippen molar-refractivity contribution in [3.05, 3.63) is 87.7 Å². The lowest BCUT2D eigenvalue weighted by atomic mass is 10.1. The molecule has 1 N–H and O–H groups in total. The lowest BCUT2D eigenvalue weighted by molar-refractivity contribution is 0.0378. The second kappa shape index (κ2) is 9.63. The number of aromatic nitrogens is 1. The molecule has 3 aromatic rings. The Bertz CT molecular complexity index is 1050. The fourth-order valence-corrected chi connectivity index (χ4v) is 3.39. The van der Waals surface area contributed by atoms with Gasteiger partial charge in [0.05, 0.1) is 30.1 Å². The molecule has 1 aromatic heterocycles. The maximum Gasteiger partial charge on any atom is 0.340 e. The van der Waals surface area contributed by atoms with Crippen LogP contribution in [-0.4, -0.2) is 22.9 Å². The SMILES string of the molecule is Cc1cc(/C=N\NCc2ccc(Cl)cc2)c(C)n1-c1ccccc1C(=O)OC(C)C. The molecule has 0 aliphatic carbocycles. The Morgan fingerprint density at radius 1 is 1.17 bits per heavy atom. The van der Waals surface area contributed by atoms with Gasteiger partial charge in [-0.05, 0) is 63.6 Å². The van der Waals surface area contributed by atoms with Crippen LogP contribution in [0.4, 0.5) is 0 Å². The third-order valence-electron chi connectivity index (χ3n) is 4.67. The summed E-state index contributed by atoms with van der Waals surface area (Å²) in [7, 11) is 0. The fraction of sp³-hybridized carbons (Fsp3) is 0.250. The van der Waals surface area contributed by atoms with Crippen molar-refractivity contribution in [1.29, 1.82) is 0 Å². The number of nitrogens with one attached hydrogen (secondary N) is 1. The van der Waals surface area contributed by atoms with Crippen molar-refractivity contribution < 1.29 is 9.53 Å². The summed E-state index contributed by atoms with van der Waals surface area (Å²) < 4.78 is 7.47. The van der Waals surface area contributed by atoms with Gasteiger partial charge in [0.2, 0.25) is 0 Å². The number of ether oxygens (including phenoxy) is 1. The van der Waals surface area contributed by atoms with E-state index in [2.05, 4.69) is 15.1 Å². The maximum atomic E-state index is 12.6. The normalized spacial score (nSPS) is 11.3. The minimum Gasteiger partial charge on any atom is -0.459 e. The van der Waals surface area contributed by atoms with Crippen molar-refractivity contribution in [2.75, 3.05) is 0 Å². The van der Waals surface area contributed by atoms with E-state index in [4.69, 9.17) is 16.3 Å². The highest BCUT2D eigenvalue weighted by molar-refractivity contribution is 6.30. The van der Waals surface area contributed by atoms with E-state index in [9.17, 15) is 4.79 Å². The number of rotatable bonds is 7. The van der Waals surface area contributed by atoms with E-state index in [1.807, 2.05) is 76.2 Å². The van der Waals surface area contributed by atoms with Crippen LogP contribution in [0, 0.1) is 13.8 Å². The molecule has 0 atom stereocenters. The number of esters is 1. The van der Waals surface area contributed by atoms with Crippen LogP contribution in [0.3, 0.4) is 0 Å². The molecule has 0 radical (unpaired) electrons. The lowest BCUT2D eigenvalue weighted by Gasteiger charge is -2.15. The largest absolute Gasteiger partial charge is 0.459 e. The number of para-hydroxylation sites is 1. The van der Waals surface area contributed by atoms with E-state index in [1.165, 1.54) is 0 Å². The molecule has 0 spiro atoms. The number of hydrogen-bond donors (Lipinski definition) is 1. The molecule has 6 heteroatoms. The van der Waals surface area contributed by atoms with Gasteiger partial charge in [-0.2, -0.15) is 5.10 Å². The van der Waals surface area contributed by atoms with Crippen molar-refractivity contribution in [1.82, 2.24) is 9.99 Å². The van der Waals surface area contributed by atoms with Crippen LogP contribution in [0.25, 0.3) is 5.69 Å². The van der Waals surface area contributed by atoms with Crippen molar-refractivity contribution >= 4 is 23.8 Å². The highest BCUT2D eigenvalue weighted by Gasteiger charge is 2.18. The third-order valence-corrected chi connectivity index (χ3v) is 4.92. The van der Waals surface area contributed by atoms with E-state index in [0.29, 0.717) is 17.1 Å². The Morgan fingerprint density at radius 3 is 2.57 bits per heavy atom. The van der Waals surface area contributed by atoms with Gasteiger partial charge in [0.1, 0.15) is 0 Å². The summed E-state index contributed by atoms with van der Waals surface area (Å²) >= 11 is 5.91. The molecule has 3 rings (SSSR count). The number of nitrogens with zero attached hydrogens (tertiary/aromatic N) is 2. The van der Waals surface area contributed by atoms with Gasteiger partial charge in [-0.25, -0.2) is 4.79 Å². The van der Waals surface area contributed by atoms with E-state index in [0.717, 1.165) is 28.2 Å². The highest BCUT2D eigenvalue weighted by atomic mass is 35.5. The Labute approximate surface area is 182 Å². The summed E-state index contributed by atoms with van der Waals surface area (Å²) in [6, 6.07) is 17.2. The molecule has 0 aliphatic heterocycles. The number of hydrogen-bond acceptors (Lipinski definition) is 4. The minimum atomic E-state index is -0.326. The smallest absolute Gasteiger partial charge is 0.340 e. The van der Waals surface area contributed by atoms with Crippen LogP contribution in [0.5, 0.6) is 0 Å². The molecule has 0 saturated heterocycles. The van der Waals surface area contributed by atoms with Crippen molar-refractivity contribution in [2.45, 2.75) is 40.3 Å². The fourth-order valence-electron chi connectivity index (χ4n) is 3.26. The van der Waals surface area contributed by atoms with Gasteiger partial charge in [-0.3, -0.25) is 0 Å². The quantitative estimate of drug-likeness (QED) is 0.313. The zero-order valence-electron chi connectivity index (χ0n) is 17.6. The molecule has 1 heterocycles. The van der Waals surface area contributed by atoms with Gasteiger partial charge >= 0.3 is 5.97 Å². The molecule has 156 valence electrons. The highest BCUT2D eigenvalue weighted by Crippen LogP contribution is 2.23. The topological polar surface area (TPSA) is 55.6 Å². The summed E-state index contributed by atoms with van der Waals surface area (Å²) in [4.78, 5) is 12.6. The Kier molecular flexibility index (Phi) is 6.95. The number of aryl methyl sites for hydroxylation is 1. The average molecular weight is 424 g/mol. The molecule has 0 unspecified atom stereocenters. The second-order valence-corrected chi connectivity index (χ2v) is 7.79. The van der Waals surface area contributed by atoms with Crippen LogP contribution in [-0.2, 0) is 11.3 Å². The molecule has 2 aromatic carbocycles. The van der Waals surface area contributed by atoms with E-state index in [-0.39, 0.29) is 12.1 Å². The van der Waals surface area contributed by atoms with Gasteiger partial charge in [-0.1, -0.05) is 35.9 Å². The molecule has 30 heavy (non-hydrogen) atoms. The lowest BCUT2D eigenvalue weighted by Crippen LogP contribution is -2.15.